The second kappa shape index (κ2) is 4.90. The van der Waals surface area contributed by atoms with Gasteiger partial charge in [-0.3, -0.25) is 9.64 Å². The van der Waals surface area contributed by atoms with Crippen LogP contribution in [-0.2, 0) is 9.47 Å². The van der Waals surface area contributed by atoms with Crippen molar-refractivity contribution < 1.29 is 22.6 Å². The summed E-state index contributed by atoms with van der Waals surface area (Å²) in [4.78, 5) is 2.11. The third-order valence-corrected chi connectivity index (χ3v) is 3.85. The van der Waals surface area contributed by atoms with E-state index in [0.717, 1.165) is 19.4 Å². The van der Waals surface area contributed by atoms with Crippen LogP contribution < -0.4 is 0 Å². The van der Waals surface area contributed by atoms with E-state index in [4.69, 9.17) is 4.74 Å². The van der Waals surface area contributed by atoms with Crippen LogP contribution in [0.3, 0.4) is 0 Å². The number of alkyl halides is 3. The summed E-state index contributed by atoms with van der Waals surface area (Å²) in [6.07, 6.45) is -2.99. The average Bonchev–Trinajstić information content (AvgIpc) is 2.67. The summed E-state index contributed by atoms with van der Waals surface area (Å²) in [6, 6.07) is 0. The van der Waals surface area contributed by atoms with Crippen LogP contribution in [0.1, 0.15) is 40.0 Å². The van der Waals surface area contributed by atoms with E-state index < -0.39 is 12.5 Å². The molecule has 2 aliphatic heterocycles. The molecule has 3 nitrogen and oxygen atoms in total. The van der Waals surface area contributed by atoms with Crippen LogP contribution in [0, 0.1) is 0 Å². The maximum absolute atomic E-state index is 12.3. The zero-order chi connectivity index (χ0) is 14.3. The first kappa shape index (κ1) is 15.1. The minimum Gasteiger partial charge on any atom is -0.374 e. The quantitative estimate of drug-likeness (QED) is 0.794. The van der Waals surface area contributed by atoms with Crippen LogP contribution >= 0.6 is 0 Å². The molecule has 2 heterocycles. The molecular weight excluding hydrogens is 259 g/mol. The van der Waals surface area contributed by atoms with E-state index in [1.807, 2.05) is 20.8 Å². The highest BCUT2D eigenvalue weighted by molar-refractivity contribution is 5.04. The average molecular weight is 281 g/mol. The van der Waals surface area contributed by atoms with Gasteiger partial charge in [0.2, 0.25) is 0 Å². The highest BCUT2D eigenvalue weighted by Crippen LogP contribution is 2.42. The summed E-state index contributed by atoms with van der Waals surface area (Å²) < 4.78 is 46.9. The Morgan fingerprint density at radius 2 is 1.95 bits per heavy atom. The number of ether oxygens (including phenoxy) is 2. The van der Waals surface area contributed by atoms with Gasteiger partial charge < -0.3 is 4.74 Å². The van der Waals surface area contributed by atoms with Crippen LogP contribution in [0.15, 0.2) is 0 Å². The maximum atomic E-state index is 12.3. The summed E-state index contributed by atoms with van der Waals surface area (Å²) in [5.74, 6) is 0. The second-order valence-electron chi connectivity index (χ2n) is 6.56. The molecule has 0 amide bonds. The minimum absolute atomic E-state index is 0.261. The monoisotopic (exact) mass is 281 g/mol. The van der Waals surface area contributed by atoms with Gasteiger partial charge in [0.05, 0.1) is 18.3 Å². The molecule has 0 radical (unpaired) electrons. The van der Waals surface area contributed by atoms with Crippen molar-refractivity contribution in [3.05, 3.63) is 0 Å². The predicted octanol–water partition coefficient (Wildman–Crippen LogP) is 2.94. The Morgan fingerprint density at radius 3 is 2.53 bits per heavy atom. The molecule has 19 heavy (non-hydrogen) atoms. The number of nitrogens with zero attached hydrogens (tertiary/aromatic N) is 1. The molecule has 2 atom stereocenters. The van der Waals surface area contributed by atoms with Crippen molar-refractivity contribution in [1.82, 2.24) is 4.90 Å². The van der Waals surface area contributed by atoms with E-state index in [0.29, 0.717) is 19.6 Å². The van der Waals surface area contributed by atoms with Crippen molar-refractivity contribution in [2.24, 2.45) is 0 Å². The Hall–Kier alpha value is -0.330. The lowest BCUT2D eigenvalue weighted by molar-refractivity contribution is -0.341. The lowest BCUT2D eigenvalue weighted by Crippen LogP contribution is -2.44. The minimum atomic E-state index is -4.55. The summed E-state index contributed by atoms with van der Waals surface area (Å²) in [5, 5.41) is 0. The second-order valence-corrected chi connectivity index (χ2v) is 6.56. The molecule has 0 saturated carbocycles. The van der Waals surface area contributed by atoms with Crippen molar-refractivity contribution >= 4 is 0 Å². The molecule has 0 bridgehead atoms. The molecule has 0 aromatic rings. The molecule has 0 aliphatic carbocycles. The first-order chi connectivity index (χ1) is 8.60. The third kappa shape index (κ3) is 3.83. The first-order valence-electron chi connectivity index (χ1n) is 6.73. The van der Waals surface area contributed by atoms with Gasteiger partial charge in [-0.1, -0.05) is 0 Å². The lowest BCUT2D eigenvalue weighted by Gasteiger charge is -2.34. The van der Waals surface area contributed by atoms with Gasteiger partial charge in [-0.05, 0) is 46.6 Å². The topological polar surface area (TPSA) is 21.7 Å². The summed E-state index contributed by atoms with van der Waals surface area (Å²) in [5.41, 5.74) is -0.533. The molecule has 0 N–H and O–H groups in total. The van der Waals surface area contributed by atoms with Gasteiger partial charge in [0.1, 0.15) is 0 Å². The van der Waals surface area contributed by atoms with Crippen molar-refractivity contribution in [2.75, 3.05) is 19.7 Å². The molecule has 6 heteroatoms. The highest BCUT2D eigenvalue weighted by Gasteiger charge is 2.51. The number of hydrogen-bond acceptors (Lipinski definition) is 3. The molecule has 0 aromatic heterocycles. The van der Waals surface area contributed by atoms with E-state index in [1.165, 1.54) is 0 Å². The SMILES string of the molecule is CC(C)(C)OC[C@]12CCCN1C[C@H](OC(F)(F)F)C2. The zero-order valence-electron chi connectivity index (χ0n) is 11.7. The third-order valence-electron chi connectivity index (χ3n) is 3.85. The molecular formula is C13H22F3NO2. The van der Waals surface area contributed by atoms with E-state index in [1.54, 1.807) is 0 Å². The molecule has 112 valence electrons. The Kier molecular flexibility index (Phi) is 3.88. The van der Waals surface area contributed by atoms with Gasteiger partial charge in [0, 0.05) is 12.1 Å². The molecule has 0 aromatic carbocycles. The van der Waals surface area contributed by atoms with E-state index in [9.17, 15) is 13.2 Å². The molecule has 0 spiro atoms. The fraction of sp³-hybridized carbons (Fsp3) is 1.00. The highest BCUT2D eigenvalue weighted by atomic mass is 19.4. The van der Waals surface area contributed by atoms with Crippen molar-refractivity contribution in [3.63, 3.8) is 0 Å². The van der Waals surface area contributed by atoms with E-state index in [-0.39, 0.29) is 11.1 Å². The molecule has 2 aliphatic rings. The van der Waals surface area contributed by atoms with Gasteiger partial charge in [-0.15, -0.1) is 13.2 Å². The van der Waals surface area contributed by atoms with Gasteiger partial charge in [0.25, 0.3) is 0 Å². The molecule has 2 fully saturated rings. The van der Waals surface area contributed by atoms with Crippen molar-refractivity contribution in [2.45, 2.75) is 63.6 Å². The van der Waals surface area contributed by atoms with Gasteiger partial charge in [-0.25, -0.2) is 0 Å². The van der Waals surface area contributed by atoms with Crippen LogP contribution in [-0.4, -0.2) is 48.2 Å². The lowest BCUT2D eigenvalue weighted by atomic mass is 9.94. The number of fused-ring (bicyclic) bond motifs is 1. The van der Waals surface area contributed by atoms with Crippen LogP contribution in [0.5, 0.6) is 0 Å². The Morgan fingerprint density at radius 1 is 1.26 bits per heavy atom. The Labute approximate surface area is 112 Å². The number of halogens is 3. The fourth-order valence-electron chi connectivity index (χ4n) is 3.09. The predicted molar refractivity (Wildman–Crippen MR) is 64.8 cm³/mol. The summed E-state index contributed by atoms with van der Waals surface area (Å²) in [6.45, 7) is 7.55. The van der Waals surface area contributed by atoms with Gasteiger partial charge in [0.15, 0.2) is 0 Å². The van der Waals surface area contributed by atoms with Crippen molar-refractivity contribution in [3.8, 4) is 0 Å². The molecule has 2 saturated heterocycles. The van der Waals surface area contributed by atoms with Crippen LogP contribution in [0.25, 0.3) is 0 Å². The fourth-order valence-corrected chi connectivity index (χ4v) is 3.09. The van der Waals surface area contributed by atoms with Crippen LogP contribution in [0.4, 0.5) is 13.2 Å². The van der Waals surface area contributed by atoms with Gasteiger partial charge >= 0.3 is 6.36 Å². The van der Waals surface area contributed by atoms with E-state index >= 15 is 0 Å². The maximum Gasteiger partial charge on any atom is 0.522 e. The summed E-state index contributed by atoms with van der Waals surface area (Å²) in [7, 11) is 0. The zero-order valence-corrected chi connectivity index (χ0v) is 11.7. The van der Waals surface area contributed by atoms with Gasteiger partial charge in [-0.2, -0.15) is 0 Å². The number of rotatable bonds is 3. The standard InChI is InChI=1S/C13H22F3NO2/c1-11(2,3)18-9-12-5-4-6-17(12)8-10(7-12)19-13(14,15)16/h10H,4-9H2,1-3H3/t10-,12-/m1/s1. The normalized spacial score (nSPS) is 32.8. The number of hydrogen-bond donors (Lipinski definition) is 0. The van der Waals surface area contributed by atoms with E-state index in [2.05, 4.69) is 9.64 Å². The molecule has 0 unspecified atom stereocenters. The largest absolute Gasteiger partial charge is 0.522 e. The Bertz CT molecular complexity index is 327. The smallest absolute Gasteiger partial charge is 0.374 e. The van der Waals surface area contributed by atoms with Crippen molar-refractivity contribution in [1.29, 1.82) is 0 Å². The Balaban J connectivity index is 1.98. The summed E-state index contributed by atoms with van der Waals surface area (Å²) >= 11 is 0. The first-order valence-corrected chi connectivity index (χ1v) is 6.73. The molecule has 2 rings (SSSR count). The van der Waals surface area contributed by atoms with Crippen LogP contribution in [0.2, 0.25) is 0 Å².